The molecular formula is C10H16. The Balaban J connectivity index is 2.18. The van der Waals surface area contributed by atoms with Crippen LogP contribution in [0.5, 0.6) is 0 Å². The molecule has 0 aromatic rings. The number of rotatable bonds is 0. The average Bonchev–Trinajstić information content (AvgIpc) is 2.34. The van der Waals surface area contributed by atoms with Gasteiger partial charge in [-0.3, -0.25) is 0 Å². The molecule has 0 amide bonds. The Morgan fingerprint density at radius 1 is 1.10 bits per heavy atom. The summed E-state index contributed by atoms with van der Waals surface area (Å²) < 4.78 is 0. The Morgan fingerprint density at radius 3 is 2.80 bits per heavy atom. The molecule has 1 saturated carbocycles. The van der Waals surface area contributed by atoms with Gasteiger partial charge in [0.2, 0.25) is 0 Å². The molecule has 2 aliphatic rings. The van der Waals surface area contributed by atoms with E-state index in [-0.39, 0.29) is 0 Å². The van der Waals surface area contributed by atoms with Crippen LogP contribution in [-0.2, 0) is 0 Å². The largest absolute Gasteiger partial charge is 0.0738 e. The Hall–Kier alpha value is -0.260. The lowest BCUT2D eigenvalue weighted by molar-refractivity contribution is 0.456. The molecule has 2 aliphatic carbocycles. The molecule has 0 N–H and O–H groups in total. The molecule has 0 aromatic heterocycles. The van der Waals surface area contributed by atoms with Crippen LogP contribution in [0.3, 0.4) is 0 Å². The second kappa shape index (κ2) is 2.41. The van der Waals surface area contributed by atoms with E-state index in [2.05, 4.69) is 6.92 Å². The van der Waals surface area contributed by atoms with Crippen LogP contribution in [0.15, 0.2) is 11.1 Å². The maximum absolute atomic E-state index is 2.33. The number of hydrogen-bond acceptors (Lipinski definition) is 0. The fourth-order valence-corrected chi connectivity index (χ4v) is 2.52. The van der Waals surface area contributed by atoms with E-state index in [1.807, 2.05) is 5.57 Å². The summed E-state index contributed by atoms with van der Waals surface area (Å²) in [5.41, 5.74) is 3.57. The number of hydrogen-bond donors (Lipinski definition) is 0. The second-order valence-corrected chi connectivity index (χ2v) is 3.79. The molecule has 0 nitrogen and oxygen atoms in total. The van der Waals surface area contributed by atoms with E-state index >= 15 is 0 Å². The Kier molecular flexibility index (Phi) is 1.55. The topological polar surface area (TPSA) is 0 Å². The number of fused-ring (bicyclic) bond motifs is 1. The molecule has 1 fully saturated rings. The minimum atomic E-state index is 1.02. The standard InChI is InChI=1S/C10H16/c1-8-6-7-9-4-2-3-5-10(8)9/h9H,2-7H2,1H3. The molecule has 56 valence electrons. The molecule has 0 bridgehead atoms. The predicted molar refractivity (Wildman–Crippen MR) is 43.9 cm³/mol. The molecule has 0 spiro atoms. The van der Waals surface area contributed by atoms with Gasteiger partial charge in [-0.25, -0.2) is 0 Å². The van der Waals surface area contributed by atoms with Gasteiger partial charge in [0.05, 0.1) is 0 Å². The first-order valence-corrected chi connectivity index (χ1v) is 4.56. The monoisotopic (exact) mass is 136 g/mol. The molecule has 10 heavy (non-hydrogen) atoms. The van der Waals surface area contributed by atoms with Crippen LogP contribution in [0.2, 0.25) is 0 Å². The lowest BCUT2D eigenvalue weighted by Crippen LogP contribution is -2.05. The van der Waals surface area contributed by atoms with Crippen LogP contribution in [0.25, 0.3) is 0 Å². The summed E-state index contributed by atoms with van der Waals surface area (Å²) >= 11 is 0. The van der Waals surface area contributed by atoms with Crippen molar-refractivity contribution in [3.8, 4) is 0 Å². The van der Waals surface area contributed by atoms with Crippen LogP contribution in [0.4, 0.5) is 0 Å². The van der Waals surface area contributed by atoms with Gasteiger partial charge in [0.25, 0.3) is 0 Å². The lowest BCUT2D eigenvalue weighted by Gasteiger charge is -2.20. The molecule has 0 radical (unpaired) electrons. The van der Waals surface area contributed by atoms with Gasteiger partial charge in [-0.15, -0.1) is 0 Å². The van der Waals surface area contributed by atoms with Crippen molar-refractivity contribution in [2.75, 3.05) is 0 Å². The molecule has 0 heterocycles. The molecule has 0 aromatic carbocycles. The fourth-order valence-electron chi connectivity index (χ4n) is 2.52. The summed E-state index contributed by atoms with van der Waals surface area (Å²) in [6.45, 7) is 2.33. The van der Waals surface area contributed by atoms with Crippen LogP contribution >= 0.6 is 0 Å². The third-order valence-corrected chi connectivity index (χ3v) is 3.16. The zero-order chi connectivity index (χ0) is 6.97. The van der Waals surface area contributed by atoms with Crippen molar-refractivity contribution >= 4 is 0 Å². The smallest absolute Gasteiger partial charge is 0.0198 e. The van der Waals surface area contributed by atoms with Crippen molar-refractivity contribution in [1.82, 2.24) is 0 Å². The molecule has 0 heteroatoms. The average molecular weight is 136 g/mol. The minimum absolute atomic E-state index is 1.02. The van der Waals surface area contributed by atoms with E-state index in [1.54, 1.807) is 5.57 Å². The summed E-state index contributed by atoms with van der Waals surface area (Å²) in [6.07, 6.45) is 8.74. The van der Waals surface area contributed by atoms with Crippen LogP contribution < -0.4 is 0 Å². The first-order valence-electron chi connectivity index (χ1n) is 4.56. The highest BCUT2D eigenvalue weighted by Crippen LogP contribution is 2.41. The normalized spacial score (nSPS) is 32.7. The van der Waals surface area contributed by atoms with Crippen molar-refractivity contribution in [3.63, 3.8) is 0 Å². The van der Waals surface area contributed by atoms with E-state index in [9.17, 15) is 0 Å². The van der Waals surface area contributed by atoms with Gasteiger partial charge in [-0.2, -0.15) is 0 Å². The molecular weight excluding hydrogens is 120 g/mol. The second-order valence-electron chi connectivity index (χ2n) is 3.79. The highest BCUT2D eigenvalue weighted by atomic mass is 14.3. The van der Waals surface area contributed by atoms with Crippen molar-refractivity contribution in [1.29, 1.82) is 0 Å². The zero-order valence-electron chi connectivity index (χ0n) is 6.82. The van der Waals surface area contributed by atoms with Gasteiger partial charge in [0, 0.05) is 0 Å². The van der Waals surface area contributed by atoms with Crippen molar-refractivity contribution in [3.05, 3.63) is 11.1 Å². The minimum Gasteiger partial charge on any atom is -0.0738 e. The van der Waals surface area contributed by atoms with Gasteiger partial charge in [-0.05, 0) is 44.9 Å². The van der Waals surface area contributed by atoms with Crippen LogP contribution in [-0.4, -0.2) is 0 Å². The molecule has 2 rings (SSSR count). The van der Waals surface area contributed by atoms with E-state index in [4.69, 9.17) is 0 Å². The van der Waals surface area contributed by atoms with Crippen LogP contribution in [0.1, 0.15) is 45.4 Å². The summed E-state index contributed by atoms with van der Waals surface area (Å²) in [5.74, 6) is 1.02. The maximum Gasteiger partial charge on any atom is -0.0198 e. The quantitative estimate of drug-likeness (QED) is 0.448. The summed E-state index contributed by atoms with van der Waals surface area (Å²) in [7, 11) is 0. The van der Waals surface area contributed by atoms with Gasteiger partial charge in [0.1, 0.15) is 0 Å². The third kappa shape index (κ3) is 0.902. The summed E-state index contributed by atoms with van der Waals surface area (Å²) in [6, 6.07) is 0. The highest BCUT2D eigenvalue weighted by molar-refractivity contribution is 5.22. The van der Waals surface area contributed by atoms with E-state index in [0.717, 1.165) is 5.92 Å². The fraction of sp³-hybridized carbons (Fsp3) is 0.800. The molecule has 1 unspecified atom stereocenters. The van der Waals surface area contributed by atoms with E-state index in [1.165, 1.54) is 38.5 Å². The molecule has 1 atom stereocenters. The van der Waals surface area contributed by atoms with Gasteiger partial charge in [-0.1, -0.05) is 17.6 Å². The molecule has 0 aliphatic heterocycles. The van der Waals surface area contributed by atoms with Crippen LogP contribution in [0, 0.1) is 5.92 Å². The summed E-state index contributed by atoms with van der Waals surface area (Å²) in [5, 5.41) is 0. The summed E-state index contributed by atoms with van der Waals surface area (Å²) in [4.78, 5) is 0. The highest BCUT2D eigenvalue weighted by Gasteiger charge is 2.24. The SMILES string of the molecule is CC1=C2CCCCC2CC1. The zero-order valence-corrected chi connectivity index (χ0v) is 6.82. The van der Waals surface area contributed by atoms with Gasteiger partial charge in [0.15, 0.2) is 0 Å². The van der Waals surface area contributed by atoms with Crippen molar-refractivity contribution in [2.24, 2.45) is 5.92 Å². The Labute approximate surface area is 63.3 Å². The van der Waals surface area contributed by atoms with E-state index < -0.39 is 0 Å². The van der Waals surface area contributed by atoms with E-state index in [0.29, 0.717) is 0 Å². The van der Waals surface area contributed by atoms with Gasteiger partial charge >= 0.3 is 0 Å². The predicted octanol–water partition coefficient (Wildman–Crippen LogP) is 3.29. The number of allylic oxidation sites excluding steroid dienone is 2. The first kappa shape index (κ1) is 6.45. The Bertz CT molecular complexity index is 165. The van der Waals surface area contributed by atoms with Crippen molar-refractivity contribution in [2.45, 2.75) is 45.4 Å². The lowest BCUT2D eigenvalue weighted by atomic mass is 9.85. The molecule has 0 saturated heterocycles. The maximum atomic E-state index is 2.33. The Morgan fingerprint density at radius 2 is 2.00 bits per heavy atom. The first-order chi connectivity index (χ1) is 4.88. The third-order valence-electron chi connectivity index (χ3n) is 3.16. The van der Waals surface area contributed by atoms with Crippen molar-refractivity contribution < 1.29 is 0 Å². The van der Waals surface area contributed by atoms with Gasteiger partial charge < -0.3 is 0 Å².